The van der Waals surface area contributed by atoms with Gasteiger partial charge in [0.2, 0.25) is 0 Å². The Hall–Kier alpha value is -1.34. The molecule has 1 aromatic heterocycles. The average molecular weight is 359 g/mol. The lowest BCUT2D eigenvalue weighted by Gasteiger charge is -2.04. The van der Waals surface area contributed by atoms with Crippen LogP contribution >= 0.6 is 34.5 Å². The molecule has 4 nitrogen and oxygen atoms in total. The van der Waals surface area contributed by atoms with Crippen molar-refractivity contribution < 1.29 is 8.42 Å². The number of benzene rings is 2. The van der Waals surface area contributed by atoms with Crippen LogP contribution in [0.3, 0.4) is 0 Å². The smallest absolute Gasteiger partial charge is 0.255 e. The van der Waals surface area contributed by atoms with Crippen LogP contribution in [0, 0.1) is 0 Å². The van der Waals surface area contributed by atoms with E-state index in [4.69, 9.17) is 23.2 Å². The maximum absolute atomic E-state index is 12.3. The number of fused-ring (bicyclic) bond motifs is 1. The van der Waals surface area contributed by atoms with Crippen LogP contribution < -0.4 is 4.72 Å². The molecule has 108 valence electrons. The highest BCUT2D eigenvalue weighted by molar-refractivity contribution is 7.93. The highest BCUT2D eigenvalue weighted by Gasteiger charge is 2.17. The van der Waals surface area contributed by atoms with E-state index in [1.807, 2.05) is 6.07 Å². The topological polar surface area (TPSA) is 59.1 Å². The van der Waals surface area contributed by atoms with Gasteiger partial charge >= 0.3 is 0 Å². The second-order valence-corrected chi connectivity index (χ2v) is 7.72. The molecule has 3 rings (SSSR count). The van der Waals surface area contributed by atoms with Crippen molar-refractivity contribution in [2.24, 2.45) is 0 Å². The van der Waals surface area contributed by atoms with Gasteiger partial charge in [0, 0.05) is 5.02 Å². The highest BCUT2D eigenvalue weighted by atomic mass is 35.5. The summed E-state index contributed by atoms with van der Waals surface area (Å²) in [6.07, 6.45) is 0. The second-order valence-electron chi connectivity index (χ2n) is 4.17. The predicted molar refractivity (Wildman–Crippen MR) is 86.9 cm³/mol. The number of anilines is 1. The van der Waals surface area contributed by atoms with Crippen LogP contribution in [0.4, 0.5) is 5.13 Å². The van der Waals surface area contributed by atoms with Gasteiger partial charge in [0.15, 0.2) is 5.13 Å². The monoisotopic (exact) mass is 358 g/mol. The van der Waals surface area contributed by atoms with Crippen molar-refractivity contribution in [3.8, 4) is 0 Å². The Kier molecular flexibility index (Phi) is 3.79. The van der Waals surface area contributed by atoms with Gasteiger partial charge in [-0.25, -0.2) is 13.4 Å². The first kappa shape index (κ1) is 14.6. The lowest BCUT2D eigenvalue weighted by molar-refractivity contribution is 0.601. The van der Waals surface area contributed by atoms with Gasteiger partial charge in [0.05, 0.1) is 14.6 Å². The average Bonchev–Trinajstić information content (AvgIpc) is 2.82. The van der Waals surface area contributed by atoms with E-state index in [1.54, 1.807) is 12.1 Å². The third-order valence-electron chi connectivity index (χ3n) is 2.72. The number of hydrogen-bond acceptors (Lipinski definition) is 4. The number of para-hydroxylation sites is 1. The molecule has 0 aliphatic carbocycles. The van der Waals surface area contributed by atoms with E-state index in [0.29, 0.717) is 15.6 Å². The molecule has 0 radical (unpaired) electrons. The van der Waals surface area contributed by atoms with Gasteiger partial charge in [-0.3, -0.25) is 4.72 Å². The second kappa shape index (κ2) is 5.46. The number of hydrogen-bond donors (Lipinski definition) is 1. The number of nitrogens with zero attached hydrogens (tertiary/aromatic N) is 1. The summed E-state index contributed by atoms with van der Waals surface area (Å²) < 4.78 is 27.8. The van der Waals surface area contributed by atoms with E-state index in [1.165, 1.54) is 35.6 Å². The summed E-state index contributed by atoms with van der Waals surface area (Å²) in [6, 6.07) is 11.2. The van der Waals surface area contributed by atoms with Gasteiger partial charge in [0.25, 0.3) is 10.0 Å². The molecular formula is C13H8Cl2N2O2S2. The summed E-state index contributed by atoms with van der Waals surface area (Å²) in [7, 11) is -3.69. The summed E-state index contributed by atoms with van der Waals surface area (Å²) in [5.74, 6) is 0. The van der Waals surface area contributed by atoms with Crippen molar-refractivity contribution in [3.63, 3.8) is 0 Å². The van der Waals surface area contributed by atoms with Crippen molar-refractivity contribution in [2.45, 2.75) is 4.90 Å². The maximum Gasteiger partial charge on any atom is 0.263 e. The highest BCUT2D eigenvalue weighted by Crippen LogP contribution is 2.31. The number of nitrogens with one attached hydrogen (secondary N) is 1. The number of halogens is 2. The van der Waals surface area contributed by atoms with Gasteiger partial charge in [-0.05, 0) is 36.4 Å². The summed E-state index contributed by atoms with van der Waals surface area (Å²) in [6.45, 7) is 0. The molecule has 0 spiro atoms. The molecule has 0 saturated heterocycles. The fraction of sp³-hybridized carbons (Fsp3) is 0. The molecule has 0 amide bonds. The van der Waals surface area contributed by atoms with E-state index in [0.717, 1.165) is 4.70 Å². The van der Waals surface area contributed by atoms with E-state index in [-0.39, 0.29) is 10.0 Å². The van der Waals surface area contributed by atoms with Gasteiger partial charge in [0.1, 0.15) is 5.52 Å². The van der Waals surface area contributed by atoms with E-state index in [9.17, 15) is 8.42 Å². The minimum absolute atomic E-state index is 0.122. The van der Waals surface area contributed by atoms with Gasteiger partial charge in [-0.15, -0.1) is 0 Å². The van der Waals surface area contributed by atoms with Crippen LogP contribution in [0.5, 0.6) is 0 Å². The minimum Gasteiger partial charge on any atom is -0.255 e. The molecule has 3 aromatic rings. The fourth-order valence-corrected chi connectivity index (χ4v) is 4.27. The first-order valence-electron chi connectivity index (χ1n) is 5.79. The molecule has 0 aliphatic rings. The van der Waals surface area contributed by atoms with Gasteiger partial charge < -0.3 is 0 Å². The Balaban J connectivity index is 1.97. The minimum atomic E-state index is -3.69. The molecule has 0 atom stereocenters. The van der Waals surface area contributed by atoms with Crippen LogP contribution in [0.25, 0.3) is 10.2 Å². The zero-order valence-electron chi connectivity index (χ0n) is 10.4. The molecule has 21 heavy (non-hydrogen) atoms. The van der Waals surface area contributed by atoms with E-state index in [2.05, 4.69) is 9.71 Å². The zero-order valence-corrected chi connectivity index (χ0v) is 13.5. The molecule has 0 saturated carbocycles. The van der Waals surface area contributed by atoms with Crippen LogP contribution in [0.15, 0.2) is 47.4 Å². The van der Waals surface area contributed by atoms with Crippen LogP contribution in [0.1, 0.15) is 0 Å². The summed E-state index contributed by atoms with van der Waals surface area (Å²) >= 11 is 13.0. The molecule has 1 N–H and O–H groups in total. The number of rotatable bonds is 3. The van der Waals surface area contributed by atoms with Crippen molar-refractivity contribution >= 4 is 59.9 Å². The van der Waals surface area contributed by atoms with Crippen molar-refractivity contribution in [1.82, 2.24) is 4.98 Å². The van der Waals surface area contributed by atoms with Crippen molar-refractivity contribution in [2.75, 3.05) is 4.72 Å². The number of aromatic nitrogens is 1. The summed E-state index contributed by atoms with van der Waals surface area (Å²) in [4.78, 5) is 4.33. The Labute approximate surface area is 135 Å². The van der Waals surface area contributed by atoms with Crippen LogP contribution in [0.2, 0.25) is 10.0 Å². The van der Waals surface area contributed by atoms with Crippen molar-refractivity contribution in [1.29, 1.82) is 0 Å². The Morgan fingerprint density at radius 3 is 2.43 bits per heavy atom. The lowest BCUT2D eigenvalue weighted by atomic mass is 10.3. The molecule has 2 aromatic carbocycles. The van der Waals surface area contributed by atoms with Gasteiger partial charge in [-0.1, -0.05) is 40.6 Å². The molecule has 0 aliphatic heterocycles. The third kappa shape index (κ3) is 2.98. The molecule has 0 unspecified atom stereocenters. The normalized spacial score (nSPS) is 11.7. The first-order valence-corrected chi connectivity index (χ1v) is 8.85. The van der Waals surface area contributed by atoms with Crippen LogP contribution in [-0.2, 0) is 10.0 Å². The molecule has 8 heteroatoms. The first-order chi connectivity index (χ1) is 9.95. The summed E-state index contributed by atoms with van der Waals surface area (Å²) in [5, 5.41) is 1.23. The standard InChI is InChI=1S/C13H8Cl2N2O2S2/c14-8-4-6-9(7-5-8)21(18,19)17-13-16-12-10(15)2-1-3-11(12)20-13/h1-7H,(H,16,17). The largest absolute Gasteiger partial charge is 0.263 e. The number of sulfonamides is 1. The van der Waals surface area contributed by atoms with Gasteiger partial charge in [-0.2, -0.15) is 0 Å². The van der Waals surface area contributed by atoms with E-state index >= 15 is 0 Å². The predicted octanol–water partition coefficient (Wildman–Crippen LogP) is 4.40. The zero-order chi connectivity index (χ0) is 15.0. The summed E-state index contributed by atoms with van der Waals surface area (Å²) in [5.41, 5.74) is 0.581. The molecule has 1 heterocycles. The van der Waals surface area contributed by atoms with Crippen LogP contribution in [-0.4, -0.2) is 13.4 Å². The van der Waals surface area contributed by atoms with Crippen molar-refractivity contribution in [3.05, 3.63) is 52.5 Å². The lowest BCUT2D eigenvalue weighted by Crippen LogP contribution is -2.12. The Morgan fingerprint density at radius 1 is 1.05 bits per heavy atom. The fourth-order valence-electron chi connectivity index (χ4n) is 1.75. The van der Waals surface area contributed by atoms with E-state index < -0.39 is 10.0 Å². The number of thiazole rings is 1. The quantitative estimate of drug-likeness (QED) is 0.754. The molecular weight excluding hydrogens is 351 g/mol. The molecule has 0 bridgehead atoms. The Bertz CT molecular complexity index is 906. The SMILES string of the molecule is O=S(=O)(Nc1nc2c(Cl)cccc2s1)c1ccc(Cl)cc1. The molecule has 0 fully saturated rings. The Morgan fingerprint density at radius 2 is 1.76 bits per heavy atom. The maximum atomic E-state index is 12.3. The third-order valence-corrected chi connectivity index (χ3v) is 5.69.